The molecule has 0 rings (SSSR count). The standard InChI is InChI=1S/BClH2OSi/c2-1-4-3/h1,4H. The van der Waals surface area contributed by atoms with E-state index in [0.717, 1.165) is 0 Å². The molecule has 0 aliphatic carbocycles. The van der Waals surface area contributed by atoms with Crippen molar-refractivity contribution >= 4 is 27.0 Å². The first kappa shape index (κ1) is 4.37. The van der Waals surface area contributed by atoms with Gasteiger partial charge in [0.15, 0.2) is 0 Å². The molecule has 0 saturated carbocycles. The van der Waals surface area contributed by atoms with Gasteiger partial charge in [-0.25, -0.2) is 0 Å². The van der Waals surface area contributed by atoms with Crippen LogP contribution in [0.2, 0.25) is 0 Å². The van der Waals surface area contributed by atoms with Gasteiger partial charge in [0, 0.05) is 0 Å². The number of halogens is 1. The third-order valence-electron chi connectivity index (χ3n) is 0.0630. The summed E-state index contributed by atoms with van der Waals surface area (Å²) in [5.41, 5.74) is 0. The zero-order chi connectivity index (χ0) is 3.41. The van der Waals surface area contributed by atoms with Crippen molar-refractivity contribution in [1.82, 2.24) is 0 Å². The zero-order valence-electron chi connectivity index (χ0n) is 2.07. The molecule has 0 fully saturated rings. The van der Waals surface area contributed by atoms with Gasteiger partial charge in [-0.15, -0.1) is 0 Å². The van der Waals surface area contributed by atoms with E-state index in [1.807, 2.05) is 0 Å². The van der Waals surface area contributed by atoms with Crippen molar-refractivity contribution in [1.29, 1.82) is 0 Å². The van der Waals surface area contributed by atoms with Gasteiger partial charge in [-0.1, -0.05) is 0 Å². The van der Waals surface area contributed by atoms with Crippen LogP contribution in [0.5, 0.6) is 0 Å². The van der Waals surface area contributed by atoms with E-state index in [0.29, 0.717) is 6.29 Å². The molecule has 1 nitrogen and oxygen atoms in total. The summed E-state index contributed by atoms with van der Waals surface area (Å²) in [4.78, 5) is 0. The number of hydrogen-bond donors (Lipinski definition) is 0. The SMILES string of the molecule is O=[SiH]BCl. The normalized spacial score (nSPS) is 5.25. The lowest BCUT2D eigenvalue weighted by atomic mass is 10.7. The van der Waals surface area contributed by atoms with E-state index in [4.69, 9.17) is 11.5 Å². The molecule has 4 heavy (non-hydrogen) atoms. The minimum Gasteiger partial charge on any atom is -0.401 e. The molecule has 4 heteroatoms. The van der Waals surface area contributed by atoms with Crippen LogP contribution in [0, 0.1) is 0 Å². The molecule has 0 bridgehead atoms. The van der Waals surface area contributed by atoms with Gasteiger partial charge in [0.1, 0.15) is 0 Å². The number of hydrogen-bond acceptors (Lipinski definition) is 1. The van der Waals surface area contributed by atoms with Crippen LogP contribution in [0.15, 0.2) is 0 Å². The van der Waals surface area contributed by atoms with E-state index in [-0.39, 0.29) is 0 Å². The fourth-order valence-electron chi connectivity index (χ4n) is 0. The largest absolute Gasteiger partial charge is 0.401 e. The molecule has 0 unspecified atom stereocenters. The van der Waals surface area contributed by atoms with Gasteiger partial charge in [0.2, 0.25) is 9.28 Å². The maximum absolute atomic E-state index is 9.25. The quantitative estimate of drug-likeness (QED) is 0.390. The minimum atomic E-state index is -0.702. The Labute approximate surface area is 32.3 Å². The first-order chi connectivity index (χ1) is 1.91. The van der Waals surface area contributed by atoms with Crippen molar-refractivity contribution in [2.75, 3.05) is 0 Å². The highest BCUT2D eigenvalue weighted by atomic mass is 35.5. The average Bonchev–Trinajstić information content (AvgIpc) is 1.37. The summed E-state index contributed by atoms with van der Waals surface area (Å²) < 4.78 is 9.25. The van der Waals surface area contributed by atoms with Crippen LogP contribution in [-0.4, -0.2) is 15.6 Å². The van der Waals surface area contributed by atoms with Crippen LogP contribution in [0.1, 0.15) is 0 Å². The Morgan fingerprint density at radius 2 is 2.25 bits per heavy atom. The molecule has 0 aliphatic rings. The summed E-state index contributed by atoms with van der Waals surface area (Å²) in [5, 5.41) is 0. The van der Waals surface area contributed by atoms with Crippen molar-refractivity contribution in [3.63, 3.8) is 0 Å². The lowest BCUT2D eigenvalue weighted by Gasteiger charge is -1.41. The first-order valence-electron chi connectivity index (χ1n) is 0.911. The highest BCUT2D eigenvalue weighted by Gasteiger charge is 1.67. The van der Waals surface area contributed by atoms with E-state index in [1.54, 1.807) is 0 Å². The van der Waals surface area contributed by atoms with Crippen LogP contribution in [0.4, 0.5) is 0 Å². The van der Waals surface area contributed by atoms with Crippen LogP contribution in [0.25, 0.3) is 0 Å². The highest BCUT2D eigenvalue weighted by molar-refractivity contribution is 7.21. The van der Waals surface area contributed by atoms with E-state index in [9.17, 15) is 4.46 Å². The Balaban J connectivity index is 2.30. The van der Waals surface area contributed by atoms with Gasteiger partial charge < -0.3 is 4.46 Å². The fourth-order valence-corrected chi connectivity index (χ4v) is 0. The summed E-state index contributed by atoms with van der Waals surface area (Å²) in [7, 11) is -0.702. The molecule has 22 valence electrons. The fraction of sp³-hybridized carbons (Fsp3) is 0. The van der Waals surface area contributed by atoms with Crippen molar-refractivity contribution in [2.45, 2.75) is 0 Å². The summed E-state index contributed by atoms with van der Waals surface area (Å²) in [5.74, 6) is 0. The van der Waals surface area contributed by atoms with Crippen molar-refractivity contribution in [2.24, 2.45) is 0 Å². The van der Waals surface area contributed by atoms with Crippen molar-refractivity contribution in [3.8, 4) is 0 Å². The molecular formula is H2BClOSi. The molecule has 0 radical (unpaired) electrons. The van der Waals surface area contributed by atoms with Crippen LogP contribution in [0.3, 0.4) is 0 Å². The highest BCUT2D eigenvalue weighted by Crippen LogP contribution is 1.50. The third kappa shape index (κ3) is 2.37. The number of rotatable bonds is 1. The monoisotopic (exact) mass is 92.0 g/mol. The summed E-state index contributed by atoms with van der Waals surface area (Å²) in [6.07, 6.45) is 0.319. The van der Waals surface area contributed by atoms with E-state index < -0.39 is 9.28 Å². The topological polar surface area (TPSA) is 17.1 Å². The predicted octanol–water partition coefficient (Wildman–Crippen LogP) is -0.726. The van der Waals surface area contributed by atoms with Gasteiger partial charge in [-0.3, -0.25) is 0 Å². The second-order valence-electron chi connectivity index (χ2n) is 0.321. The molecule has 0 spiro atoms. The smallest absolute Gasteiger partial charge is 0.287 e. The minimum absolute atomic E-state index is 0.319. The maximum atomic E-state index is 9.25. The first-order valence-corrected chi connectivity index (χ1v) is 2.73. The van der Waals surface area contributed by atoms with Gasteiger partial charge >= 0.3 is 0 Å². The average molecular weight is 92.4 g/mol. The van der Waals surface area contributed by atoms with Gasteiger partial charge in [-0.05, 0) is 0 Å². The molecule has 0 aromatic heterocycles. The molecule has 0 aliphatic heterocycles. The molecule has 0 heterocycles. The van der Waals surface area contributed by atoms with Crippen LogP contribution in [-0.2, 0) is 4.46 Å². The van der Waals surface area contributed by atoms with Crippen molar-refractivity contribution in [3.05, 3.63) is 0 Å². The van der Waals surface area contributed by atoms with Gasteiger partial charge in [0.05, 0.1) is 0 Å². The lowest BCUT2D eigenvalue weighted by Crippen LogP contribution is -1.74. The Hall–Kier alpha value is 0.372. The third-order valence-corrected chi connectivity index (χ3v) is 0.567. The Morgan fingerprint density at radius 3 is 2.25 bits per heavy atom. The maximum Gasteiger partial charge on any atom is 0.287 e. The molecule has 0 atom stereocenters. The molecular weight excluding hydrogens is 90.3 g/mol. The molecule has 0 saturated heterocycles. The lowest BCUT2D eigenvalue weighted by molar-refractivity contribution is 0.586. The Morgan fingerprint density at radius 1 is 2.00 bits per heavy atom. The van der Waals surface area contributed by atoms with Gasteiger partial charge in [-0.2, -0.15) is 11.5 Å². The molecule has 0 aromatic carbocycles. The molecule has 0 N–H and O–H groups in total. The Kier molecular flexibility index (Phi) is 3.69. The summed E-state index contributed by atoms with van der Waals surface area (Å²) in [6.45, 7) is 0. The molecule has 0 amide bonds. The molecule has 0 aromatic rings. The zero-order valence-corrected chi connectivity index (χ0v) is 3.98. The summed E-state index contributed by atoms with van der Waals surface area (Å²) in [6, 6.07) is 0. The van der Waals surface area contributed by atoms with Crippen molar-refractivity contribution < 1.29 is 4.46 Å². The van der Waals surface area contributed by atoms with Crippen LogP contribution < -0.4 is 0 Å². The second kappa shape index (κ2) is 3.37. The van der Waals surface area contributed by atoms with E-state index >= 15 is 0 Å². The Bertz CT molecular complexity index is 22.0. The summed E-state index contributed by atoms with van der Waals surface area (Å²) >= 11 is 4.91. The van der Waals surface area contributed by atoms with E-state index in [1.165, 1.54) is 0 Å². The second-order valence-corrected chi connectivity index (χ2v) is 1.89. The van der Waals surface area contributed by atoms with E-state index in [2.05, 4.69) is 0 Å². The van der Waals surface area contributed by atoms with Gasteiger partial charge in [0.25, 0.3) is 6.29 Å². The van der Waals surface area contributed by atoms with Crippen LogP contribution >= 0.6 is 11.5 Å². The predicted molar refractivity (Wildman–Crippen MR) is 20.8 cm³/mol.